The second-order valence-electron chi connectivity index (χ2n) is 5.65. The van der Waals surface area contributed by atoms with E-state index in [4.69, 9.17) is 23.2 Å². The SMILES string of the molecule is Cc1cc(C(=O)N2CCN(C(=O)c3ccc(Cl)c(Cl)c3)CC2)n[nH]1. The number of H-pyrrole nitrogens is 1. The molecule has 6 nitrogen and oxygen atoms in total. The van der Waals surface area contributed by atoms with Crippen LogP contribution in [0.25, 0.3) is 0 Å². The van der Waals surface area contributed by atoms with E-state index in [2.05, 4.69) is 10.2 Å². The first kappa shape index (κ1) is 16.8. The van der Waals surface area contributed by atoms with Gasteiger partial charge in [-0.05, 0) is 31.2 Å². The fourth-order valence-corrected chi connectivity index (χ4v) is 2.91. The lowest BCUT2D eigenvalue weighted by Crippen LogP contribution is -2.50. The number of aryl methyl sites for hydroxylation is 1. The molecule has 1 aliphatic rings. The molecule has 2 amide bonds. The molecule has 1 aromatic carbocycles. The third kappa shape index (κ3) is 3.39. The van der Waals surface area contributed by atoms with Crippen molar-refractivity contribution in [1.29, 1.82) is 0 Å². The van der Waals surface area contributed by atoms with Gasteiger partial charge < -0.3 is 9.80 Å². The van der Waals surface area contributed by atoms with Crippen molar-refractivity contribution in [1.82, 2.24) is 20.0 Å². The highest BCUT2D eigenvalue weighted by Crippen LogP contribution is 2.23. The smallest absolute Gasteiger partial charge is 0.274 e. The number of amides is 2. The van der Waals surface area contributed by atoms with E-state index in [1.54, 1.807) is 34.1 Å². The molecule has 1 fully saturated rings. The third-order valence-corrected chi connectivity index (χ3v) is 4.68. The van der Waals surface area contributed by atoms with Gasteiger partial charge in [-0.2, -0.15) is 5.10 Å². The number of piperazine rings is 1. The van der Waals surface area contributed by atoms with E-state index in [1.807, 2.05) is 6.92 Å². The minimum Gasteiger partial charge on any atom is -0.335 e. The van der Waals surface area contributed by atoms with E-state index < -0.39 is 0 Å². The van der Waals surface area contributed by atoms with Crippen LogP contribution in [0, 0.1) is 6.92 Å². The van der Waals surface area contributed by atoms with Crippen LogP contribution in [-0.4, -0.2) is 58.0 Å². The maximum atomic E-state index is 12.5. The van der Waals surface area contributed by atoms with Gasteiger partial charge in [0.1, 0.15) is 5.69 Å². The van der Waals surface area contributed by atoms with Crippen molar-refractivity contribution in [2.75, 3.05) is 26.2 Å². The predicted octanol–water partition coefficient (Wildman–Crippen LogP) is 2.62. The Hall–Kier alpha value is -2.05. The average molecular weight is 367 g/mol. The fourth-order valence-electron chi connectivity index (χ4n) is 2.61. The molecule has 1 N–H and O–H groups in total. The summed E-state index contributed by atoms with van der Waals surface area (Å²) >= 11 is 11.8. The van der Waals surface area contributed by atoms with Gasteiger partial charge in [0.15, 0.2) is 0 Å². The molecular formula is C16H16Cl2N4O2. The second kappa shape index (κ2) is 6.83. The molecule has 0 radical (unpaired) electrons. The van der Waals surface area contributed by atoms with Crippen LogP contribution in [0.4, 0.5) is 0 Å². The molecule has 0 aliphatic carbocycles. The highest BCUT2D eigenvalue weighted by molar-refractivity contribution is 6.42. The molecule has 1 aromatic heterocycles. The summed E-state index contributed by atoms with van der Waals surface area (Å²) in [4.78, 5) is 28.3. The van der Waals surface area contributed by atoms with Crippen molar-refractivity contribution in [2.24, 2.45) is 0 Å². The summed E-state index contributed by atoms with van der Waals surface area (Å²) in [6.07, 6.45) is 0. The maximum absolute atomic E-state index is 12.5. The van der Waals surface area contributed by atoms with E-state index in [0.717, 1.165) is 5.69 Å². The summed E-state index contributed by atoms with van der Waals surface area (Å²) in [7, 11) is 0. The lowest BCUT2D eigenvalue weighted by atomic mass is 10.1. The van der Waals surface area contributed by atoms with Gasteiger partial charge >= 0.3 is 0 Å². The van der Waals surface area contributed by atoms with Crippen LogP contribution < -0.4 is 0 Å². The van der Waals surface area contributed by atoms with Crippen molar-refractivity contribution in [3.8, 4) is 0 Å². The average Bonchev–Trinajstić information content (AvgIpc) is 3.02. The molecule has 0 saturated carbocycles. The minimum atomic E-state index is -0.124. The van der Waals surface area contributed by atoms with Gasteiger partial charge in [-0.1, -0.05) is 23.2 Å². The highest BCUT2D eigenvalue weighted by atomic mass is 35.5. The summed E-state index contributed by atoms with van der Waals surface area (Å²) in [5.74, 6) is -0.239. The minimum absolute atomic E-state index is 0.115. The number of halogens is 2. The van der Waals surface area contributed by atoms with Crippen molar-refractivity contribution in [3.05, 3.63) is 51.3 Å². The maximum Gasteiger partial charge on any atom is 0.274 e. The molecule has 24 heavy (non-hydrogen) atoms. The Kier molecular flexibility index (Phi) is 4.78. The molecule has 126 valence electrons. The summed E-state index contributed by atoms with van der Waals surface area (Å²) in [6.45, 7) is 3.72. The second-order valence-corrected chi connectivity index (χ2v) is 6.46. The zero-order valence-electron chi connectivity index (χ0n) is 13.1. The lowest BCUT2D eigenvalue weighted by Gasteiger charge is -2.34. The van der Waals surface area contributed by atoms with Crippen LogP contribution in [-0.2, 0) is 0 Å². The molecule has 1 aliphatic heterocycles. The van der Waals surface area contributed by atoms with E-state index in [-0.39, 0.29) is 11.8 Å². The Morgan fingerprint density at radius 2 is 1.62 bits per heavy atom. The first-order valence-corrected chi connectivity index (χ1v) is 8.27. The number of nitrogens with zero attached hydrogens (tertiary/aromatic N) is 3. The quantitative estimate of drug-likeness (QED) is 0.887. The fraction of sp³-hybridized carbons (Fsp3) is 0.312. The lowest BCUT2D eigenvalue weighted by molar-refractivity contribution is 0.0532. The first-order valence-electron chi connectivity index (χ1n) is 7.51. The van der Waals surface area contributed by atoms with Crippen molar-refractivity contribution in [2.45, 2.75) is 6.92 Å². The summed E-state index contributed by atoms with van der Waals surface area (Å²) < 4.78 is 0. The molecule has 0 unspecified atom stereocenters. The Balaban J connectivity index is 1.63. The Bertz CT molecular complexity index is 782. The third-order valence-electron chi connectivity index (χ3n) is 3.95. The number of hydrogen-bond acceptors (Lipinski definition) is 3. The number of aromatic nitrogens is 2. The molecule has 0 bridgehead atoms. The molecule has 2 heterocycles. The molecule has 0 atom stereocenters. The monoisotopic (exact) mass is 366 g/mol. The van der Waals surface area contributed by atoms with Gasteiger partial charge in [0.25, 0.3) is 11.8 Å². The summed E-state index contributed by atoms with van der Waals surface area (Å²) in [5, 5.41) is 7.52. The predicted molar refractivity (Wildman–Crippen MR) is 91.6 cm³/mol. The van der Waals surface area contributed by atoms with Crippen molar-refractivity contribution in [3.63, 3.8) is 0 Å². The van der Waals surface area contributed by atoms with Gasteiger partial charge in [-0.25, -0.2) is 0 Å². The zero-order chi connectivity index (χ0) is 17.3. The standard InChI is InChI=1S/C16H16Cl2N4O2/c1-10-8-14(20-19-10)16(24)22-6-4-21(5-7-22)15(23)11-2-3-12(17)13(18)9-11/h2-3,8-9H,4-7H2,1H3,(H,19,20). The number of benzene rings is 1. The number of carbonyl (C=O) groups is 2. The number of rotatable bonds is 2. The number of aromatic amines is 1. The van der Waals surface area contributed by atoms with Crippen molar-refractivity contribution >= 4 is 35.0 Å². The van der Waals surface area contributed by atoms with Crippen LogP contribution in [0.3, 0.4) is 0 Å². The molecule has 3 rings (SSSR count). The van der Waals surface area contributed by atoms with Crippen LogP contribution in [0.5, 0.6) is 0 Å². The first-order chi connectivity index (χ1) is 11.5. The van der Waals surface area contributed by atoms with Gasteiger partial charge in [0.05, 0.1) is 10.0 Å². The van der Waals surface area contributed by atoms with Crippen LogP contribution >= 0.6 is 23.2 Å². The van der Waals surface area contributed by atoms with Crippen LogP contribution in [0.1, 0.15) is 26.5 Å². The molecule has 0 spiro atoms. The highest BCUT2D eigenvalue weighted by Gasteiger charge is 2.26. The van der Waals surface area contributed by atoms with E-state index >= 15 is 0 Å². The molecule has 2 aromatic rings. The molecule has 1 saturated heterocycles. The largest absolute Gasteiger partial charge is 0.335 e. The van der Waals surface area contributed by atoms with Crippen molar-refractivity contribution < 1.29 is 9.59 Å². The van der Waals surface area contributed by atoms with Gasteiger partial charge in [0.2, 0.25) is 0 Å². The summed E-state index contributed by atoms with van der Waals surface area (Å²) in [5.41, 5.74) is 1.73. The number of nitrogens with one attached hydrogen (secondary N) is 1. The Morgan fingerprint density at radius 1 is 1.00 bits per heavy atom. The molecule has 8 heteroatoms. The van der Waals surface area contributed by atoms with E-state index in [1.165, 1.54) is 0 Å². The van der Waals surface area contributed by atoms with Gasteiger partial charge in [0, 0.05) is 37.4 Å². The normalized spacial score (nSPS) is 14.8. The van der Waals surface area contributed by atoms with Crippen LogP contribution in [0.15, 0.2) is 24.3 Å². The van der Waals surface area contributed by atoms with Crippen LogP contribution in [0.2, 0.25) is 10.0 Å². The van der Waals surface area contributed by atoms with E-state index in [0.29, 0.717) is 47.5 Å². The van der Waals surface area contributed by atoms with Gasteiger partial charge in [-0.15, -0.1) is 0 Å². The summed E-state index contributed by atoms with van der Waals surface area (Å²) in [6, 6.07) is 6.54. The number of carbonyl (C=O) groups excluding carboxylic acids is 2. The van der Waals surface area contributed by atoms with E-state index in [9.17, 15) is 9.59 Å². The van der Waals surface area contributed by atoms with Gasteiger partial charge in [-0.3, -0.25) is 14.7 Å². The zero-order valence-corrected chi connectivity index (χ0v) is 14.6. The topological polar surface area (TPSA) is 69.3 Å². The Morgan fingerprint density at radius 3 is 2.17 bits per heavy atom. The number of hydrogen-bond donors (Lipinski definition) is 1. The Labute approximate surface area is 149 Å². The molecular weight excluding hydrogens is 351 g/mol.